The second kappa shape index (κ2) is 5.83. The number of hydrogen-bond acceptors (Lipinski definition) is 5. The Morgan fingerprint density at radius 1 is 1.24 bits per heavy atom. The molecule has 2 aliphatic rings. The molecule has 1 saturated carbocycles. The van der Waals surface area contributed by atoms with Crippen LogP contribution in [0.25, 0.3) is 0 Å². The Morgan fingerprint density at radius 2 is 1.86 bits per heavy atom. The normalized spacial score (nSPS) is 20.7. The lowest BCUT2D eigenvalue weighted by Gasteiger charge is -2.58. The van der Waals surface area contributed by atoms with Crippen molar-refractivity contribution in [3.05, 3.63) is 0 Å². The van der Waals surface area contributed by atoms with Gasteiger partial charge in [0.15, 0.2) is 0 Å². The molecule has 1 spiro atoms. The third-order valence-electron chi connectivity index (χ3n) is 3.77. The van der Waals surface area contributed by atoms with Crippen LogP contribution in [-0.2, 0) is 19.0 Å². The van der Waals surface area contributed by atoms with Crippen LogP contribution >= 0.6 is 0 Å². The maximum Gasteiger partial charge on any atom is 0.410 e. The number of esters is 1. The molecule has 1 aliphatic heterocycles. The van der Waals surface area contributed by atoms with Gasteiger partial charge in [0.25, 0.3) is 0 Å². The van der Waals surface area contributed by atoms with Crippen molar-refractivity contribution in [3.8, 4) is 0 Å². The Bertz CT molecular complexity index is 401. The fraction of sp³-hybridized carbons (Fsp3) is 0.867. The zero-order valence-corrected chi connectivity index (χ0v) is 13.3. The topological polar surface area (TPSA) is 65.1 Å². The Balaban J connectivity index is 1.63. The fourth-order valence-corrected chi connectivity index (χ4v) is 2.89. The van der Waals surface area contributed by atoms with Gasteiger partial charge in [0.1, 0.15) is 12.2 Å². The van der Waals surface area contributed by atoms with Gasteiger partial charge in [-0.2, -0.15) is 0 Å². The highest BCUT2D eigenvalue weighted by molar-refractivity contribution is 5.70. The van der Waals surface area contributed by atoms with Crippen molar-refractivity contribution in [3.63, 3.8) is 0 Å². The van der Waals surface area contributed by atoms with E-state index in [9.17, 15) is 9.59 Å². The Hall–Kier alpha value is -1.30. The first-order valence-corrected chi connectivity index (χ1v) is 7.48. The molecular formula is C15H25NO5. The minimum absolute atomic E-state index is 0.0182. The number of hydrogen-bond donors (Lipinski definition) is 0. The maximum absolute atomic E-state index is 11.8. The van der Waals surface area contributed by atoms with E-state index >= 15 is 0 Å². The Labute approximate surface area is 125 Å². The molecule has 1 saturated heterocycles. The SMILES string of the molecule is CCOC(=O)COC1CC2(C1)CN(C(=O)OC(C)(C)C)C2. The van der Waals surface area contributed by atoms with Crippen LogP contribution in [0.15, 0.2) is 0 Å². The number of likely N-dealkylation sites (tertiary alicyclic amines) is 1. The number of carbonyl (C=O) groups excluding carboxylic acids is 2. The summed E-state index contributed by atoms with van der Waals surface area (Å²) in [6, 6.07) is 0. The van der Waals surface area contributed by atoms with Gasteiger partial charge in [-0.05, 0) is 40.5 Å². The lowest BCUT2D eigenvalue weighted by Crippen LogP contribution is -2.65. The smallest absolute Gasteiger partial charge is 0.410 e. The monoisotopic (exact) mass is 299 g/mol. The second-order valence-corrected chi connectivity index (χ2v) is 6.98. The van der Waals surface area contributed by atoms with E-state index in [0.717, 1.165) is 25.9 Å². The molecule has 1 amide bonds. The molecule has 0 unspecified atom stereocenters. The predicted molar refractivity (Wildman–Crippen MR) is 75.8 cm³/mol. The number of nitrogens with zero attached hydrogens (tertiary/aromatic N) is 1. The van der Waals surface area contributed by atoms with Crippen LogP contribution in [0, 0.1) is 5.41 Å². The highest BCUT2D eigenvalue weighted by atomic mass is 16.6. The summed E-state index contributed by atoms with van der Waals surface area (Å²) in [6.07, 6.45) is 1.65. The minimum atomic E-state index is -0.454. The summed E-state index contributed by atoms with van der Waals surface area (Å²) in [5.74, 6) is -0.317. The van der Waals surface area contributed by atoms with Crippen LogP contribution in [0.2, 0.25) is 0 Å². The Morgan fingerprint density at radius 3 is 2.38 bits per heavy atom. The van der Waals surface area contributed by atoms with Crippen molar-refractivity contribution in [1.82, 2.24) is 4.90 Å². The molecule has 2 fully saturated rings. The highest BCUT2D eigenvalue weighted by Crippen LogP contribution is 2.49. The molecule has 1 aliphatic carbocycles. The molecule has 6 heteroatoms. The summed E-state index contributed by atoms with van der Waals surface area (Å²) in [6.45, 7) is 9.21. The average molecular weight is 299 g/mol. The van der Waals surface area contributed by atoms with Crippen molar-refractivity contribution in [2.24, 2.45) is 5.41 Å². The van der Waals surface area contributed by atoms with Crippen LogP contribution in [0.3, 0.4) is 0 Å². The summed E-state index contributed by atoms with van der Waals surface area (Å²) < 4.78 is 15.6. The molecule has 0 aromatic heterocycles. The van der Waals surface area contributed by atoms with Gasteiger partial charge in [0.05, 0.1) is 12.7 Å². The van der Waals surface area contributed by atoms with Crippen LogP contribution in [0.4, 0.5) is 4.79 Å². The average Bonchev–Trinajstić information content (AvgIpc) is 2.22. The summed E-state index contributed by atoms with van der Waals surface area (Å²) in [7, 11) is 0. The molecule has 6 nitrogen and oxygen atoms in total. The van der Waals surface area contributed by atoms with Crippen molar-refractivity contribution in [2.75, 3.05) is 26.3 Å². The van der Waals surface area contributed by atoms with E-state index < -0.39 is 5.60 Å². The van der Waals surface area contributed by atoms with Gasteiger partial charge in [0, 0.05) is 18.5 Å². The number of amides is 1. The molecule has 21 heavy (non-hydrogen) atoms. The molecule has 0 radical (unpaired) electrons. The van der Waals surface area contributed by atoms with Gasteiger partial charge in [-0.15, -0.1) is 0 Å². The van der Waals surface area contributed by atoms with Gasteiger partial charge < -0.3 is 19.1 Å². The molecule has 1 heterocycles. The van der Waals surface area contributed by atoms with Crippen molar-refractivity contribution in [1.29, 1.82) is 0 Å². The van der Waals surface area contributed by atoms with Crippen LogP contribution in [-0.4, -0.2) is 55.0 Å². The third kappa shape index (κ3) is 4.09. The molecule has 0 bridgehead atoms. The molecule has 0 atom stereocenters. The third-order valence-corrected chi connectivity index (χ3v) is 3.77. The predicted octanol–water partition coefficient (Wildman–Crippen LogP) is 1.97. The van der Waals surface area contributed by atoms with Gasteiger partial charge in [-0.25, -0.2) is 9.59 Å². The van der Waals surface area contributed by atoms with Gasteiger partial charge >= 0.3 is 12.1 Å². The van der Waals surface area contributed by atoms with E-state index in [1.165, 1.54) is 0 Å². The minimum Gasteiger partial charge on any atom is -0.464 e. The molecule has 0 aromatic carbocycles. The molecule has 0 aromatic rings. The van der Waals surface area contributed by atoms with Crippen LogP contribution in [0.1, 0.15) is 40.5 Å². The zero-order chi connectivity index (χ0) is 15.7. The van der Waals surface area contributed by atoms with Crippen molar-refractivity contribution < 1.29 is 23.8 Å². The van der Waals surface area contributed by atoms with E-state index in [4.69, 9.17) is 14.2 Å². The summed E-state index contributed by atoms with van der Waals surface area (Å²) in [4.78, 5) is 24.8. The van der Waals surface area contributed by atoms with Gasteiger partial charge in [-0.1, -0.05) is 0 Å². The van der Waals surface area contributed by atoms with E-state index in [2.05, 4.69) is 0 Å². The molecule has 120 valence electrons. The highest BCUT2D eigenvalue weighted by Gasteiger charge is 2.55. The first-order valence-electron chi connectivity index (χ1n) is 7.48. The maximum atomic E-state index is 11.8. The van der Waals surface area contributed by atoms with E-state index in [1.54, 1.807) is 11.8 Å². The number of ether oxygens (including phenoxy) is 3. The number of carbonyl (C=O) groups is 2. The van der Waals surface area contributed by atoms with Crippen LogP contribution < -0.4 is 0 Å². The quantitative estimate of drug-likeness (QED) is 0.743. The molecule has 0 N–H and O–H groups in total. The fourth-order valence-electron chi connectivity index (χ4n) is 2.89. The first-order chi connectivity index (χ1) is 9.73. The lowest BCUT2D eigenvalue weighted by atomic mass is 9.62. The van der Waals surface area contributed by atoms with E-state index in [0.29, 0.717) is 6.61 Å². The van der Waals surface area contributed by atoms with Gasteiger partial charge in [0.2, 0.25) is 0 Å². The molecular weight excluding hydrogens is 274 g/mol. The second-order valence-electron chi connectivity index (χ2n) is 6.98. The van der Waals surface area contributed by atoms with Crippen molar-refractivity contribution >= 4 is 12.1 Å². The summed E-state index contributed by atoms with van der Waals surface area (Å²) in [5.41, 5.74) is -0.277. The van der Waals surface area contributed by atoms with Crippen molar-refractivity contribution in [2.45, 2.75) is 52.2 Å². The molecule has 2 rings (SSSR count). The Kier molecular flexibility index (Phi) is 4.46. The summed E-state index contributed by atoms with van der Waals surface area (Å²) in [5, 5.41) is 0. The van der Waals surface area contributed by atoms with E-state index in [-0.39, 0.29) is 30.2 Å². The van der Waals surface area contributed by atoms with Gasteiger partial charge in [-0.3, -0.25) is 0 Å². The zero-order valence-electron chi connectivity index (χ0n) is 13.3. The standard InChI is InChI=1S/C15H25NO5/c1-5-19-12(17)8-20-11-6-15(7-11)9-16(10-15)13(18)21-14(2,3)4/h11H,5-10H2,1-4H3. The number of rotatable bonds is 4. The van der Waals surface area contributed by atoms with Crippen LogP contribution in [0.5, 0.6) is 0 Å². The summed E-state index contributed by atoms with van der Waals surface area (Å²) >= 11 is 0. The van der Waals surface area contributed by atoms with E-state index in [1.807, 2.05) is 20.8 Å². The lowest BCUT2D eigenvalue weighted by molar-refractivity contribution is -0.168. The largest absolute Gasteiger partial charge is 0.464 e. The first kappa shape index (κ1) is 16.1.